The van der Waals surface area contributed by atoms with Gasteiger partial charge in [0.25, 0.3) is 5.56 Å². The summed E-state index contributed by atoms with van der Waals surface area (Å²) in [5.41, 5.74) is 1.33. The maximum Gasteiger partial charge on any atom is 0.266 e. The number of fused-ring (bicyclic) bond motifs is 2. The Kier molecular flexibility index (Phi) is 7.40. The molecule has 5 rings (SSSR count). The van der Waals surface area contributed by atoms with Crippen LogP contribution in [0.2, 0.25) is 0 Å². The third-order valence-electron chi connectivity index (χ3n) is 7.76. The summed E-state index contributed by atoms with van der Waals surface area (Å²) in [5.74, 6) is 1.73. The number of aromatic nitrogens is 2. The number of benzene rings is 3. The van der Waals surface area contributed by atoms with Gasteiger partial charge in [0.05, 0.1) is 22.6 Å². The fourth-order valence-electron chi connectivity index (χ4n) is 5.77. The second-order valence-corrected chi connectivity index (χ2v) is 11.0. The molecule has 0 radical (unpaired) electrons. The van der Waals surface area contributed by atoms with Crippen molar-refractivity contribution < 1.29 is 4.79 Å². The van der Waals surface area contributed by atoms with Crippen molar-refractivity contribution in [3.05, 3.63) is 82.9 Å². The molecule has 37 heavy (non-hydrogen) atoms. The second-order valence-electron chi connectivity index (χ2n) is 11.0. The van der Waals surface area contributed by atoms with Crippen molar-refractivity contribution in [1.29, 1.82) is 0 Å². The van der Waals surface area contributed by atoms with Gasteiger partial charge in [-0.25, -0.2) is 4.98 Å². The largest absolute Gasteiger partial charge is 0.333 e. The molecule has 1 amide bonds. The first-order valence-corrected chi connectivity index (χ1v) is 13.7. The lowest BCUT2D eigenvalue weighted by atomic mass is 10.0. The number of hydrogen-bond donors (Lipinski definition) is 0. The number of carbonyl (C=O) groups excluding carboxylic acids is 1. The predicted molar refractivity (Wildman–Crippen MR) is 151 cm³/mol. The van der Waals surface area contributed by atoms with Gasteiger partial charge in [0.1, 0.15) is 5.82 Å². The molecule has 0 N–H and O–H groups in total. The number of nitrogens with zero attached hydrogens (tertiary/aromatic N) is 3. The van der Waals surface area contributed by atoms with Crippen LogP contribution >= 0.6 is 0 Å². The lowest BCUT2D eigenvalue weighted by molar-refractivity contribution is -0.134. The lowest BCUT2D eigenvalue weighted by Gasteiger charge is -2.32. The van der Waals surface area contributed by atoms with E-state index in [4.69, 9.17) is 4.98 Å². The van der Waals surface area contributed by atoms with E-state index in [1.54, 1.807) is 4.57 Å². The minimum Gasteiger partial charge on any atom is -0.333 e. The third-order valence-corrected chi connectivity index (χ3v) is 7.76. The molecule has 0 aliphatic heterocycles. The summed E-state index contributed by atoms with van der Waals surface area (Å²) < 4.78 is 1.72. The van der Waals surface area contributed by atoms with E-state index in [9.17, 15) is 9.59 Å². The van der Waals surface area contributed by atoms with Crippen LogP contribution in [0.4, 0.5) is 0 Å². The van der Waals surface area contributed by atoms with Crippen LogP contribution in [-0.2, 0) is 4.79 Å². The van der Waals surface area contributed by atoms with E-state index in [0.717, 1.165) is 22.9 Å². The Morgan fingerprint density at radius 2 is 1.68 bits per heavy atom. The van der Waals surface area contributed by atoms with Crippen molar-refractivity contribution in [2.45, 2.75) is 65.3 Å². The van der Waals surface area contributed by atoms with Gasteiger partial charge in [0, 0.05) is 13.0 Å². The second kappa shape index (κ2) is 10.9. The van der Waals surface area contributed by atoms with Crippen LogP contribution in [0.1, 0.15) is 71.2 Å². The Labute approximate surface area is 219 Å². The highest BCUT2D eigenvalue weighted by Crippen LogP contribution is 2.30. The van der Waals surface area contributed by atoms with E-state index in [-0.39, 0.29) is 17.5 Å². The maximum absolute atomic E-state index is 13.9. The normalized spacial score (nSPS) is 15.0. The molecule has 1 aromatic heterocycles. The van der Waals surface area contributed by atoms with Crippen LogP contribution in [0.15, 0.2) is 71.5 Å². The van der Waals surface area contributed by atoms with E-state index in [1.165, 1.54) is 25.7 Å². The van der Waals surface area contributed by atoms with Crippen LogP contribution in [0, 0.1) is 11.8 Å². The van der Waals surface area contributed by atoms with Crippen molar-refractivity contribution in [3.8, 4) is 5.69 Å². The average Bonchev–Trinajstić information content (AvgIpc) is 3.43. The molecule has 3 aromatic carbocycles. The van der Waals surface area contributed by atoms with Gasteiger partial charge in [-0.05, 0) is 60.2 Å². The summed E-state index contributed by atoms with van der Waals surface area (Å²) in [6, 6.07) is 21.3. The summed E-state index contributed by atoms with van der Waals surface area (Å²) >= 11 is 0. The fraction of sp³-hybridized carbons (Fsp3) is 0.406. The number of rotatable bonds is 8. The molecule has 192 valence electrons. The number of amides is 1. The molecular formula is C32H37N3O2. The Morgan fingerprint density at radius 1 is 0.973 bits per heavy atom. The first-order chi connectivity index (χ1) is 17.9. The van der Waals surface area contributed by atoms with Crippen LogP contribution in [0.3, 0.4) is 0 Å². The summed E-state index contributed by atoms with van der Waals surface area (Å²) in [5, 5.41) is 2.76. The molecular weight excluding hydrogens is 458 g/mol. The molecule has 1 atom stereocenters. The zero-order chi connectivity index (χ0) is 25.9. The summed E-state index contributed by atoms with van der Waals surface area (Å²) in [4.78, 5) is 34.5. The minimum atomic E-state index is -0.345. The van der Waals surface area contributed by atoms with Gasteiger partial charge < -0.3 is 4.90 Å². The first-order valence-electron chi connectivity index (χ1n) is 13.7. The number of carbonyl (C=O) groups is 1. The highest BCUT2D eigenvalue weighted by molar-refractivity contribution is 5.85. The zero-order valence-corrected chi connectivity index (χ0v) is 22.2. The van der Waals surface area contributed by atoms with Gasteiger partial charge in [-0.2, -0.15) is 0 Å². The predicted octanol–water partition coefficient (Wildman–Crippen LogP) is 7.05. The fourth-order valence-corrected chi connectivity index (χ4v) is 5.77. The number of para-hydroxylation sites is 1. The molecule has 1 aliphatic carbocycles. The van der Waals surface area contributed by atoms with Crippen molar-refractivity contribution in [1.82, 2.24) is 14.5 Å². The van der Waals surface area contributed by atoms with Crippen LogP contribution in [0.5, 0.6) is 0 Å². The Bertz CT molecular complexity index is 1470. The average molecular weight is 496 g/mol. The van der Waals surface area contributed by atoms with Crippen molar-refractivity contribution in [2.24, 2.45) is 11.8 Å². The molecule has 4 aromatic rings. The molecule has 1 heterocycles. The van der Waals surface area contributed by atoms with Gasteiger partial charge in [0.2, 0.25) is 5.91 Å². The molecule has 5 nitrogen and oxygen atoms in total. The quantitative estimate of drug-likeness (QED) is 0.263. The van der Waals surface area contributed by atoms with Crippen molar-refractivity contribution in [3.63, 3.8) is 0 Å². The van der Waals surface area contributed by atoms with Crippen LogP contribution < -0.4 is 5.56 Å². The third kappa shape index (κ3) is 5.31. The molecule has 0 spiro atoms. The SMILES string of the molecule is CC(C)CN(C(=O)CCC1CCCC1)C(C)c1nc2ccccc2c(=O)n1-c1ccc2ccccc2c1. The summed E-state index contributed by atoms with van der Waals surface area (Å²) in [6.07, 6.45) is 6.54. The highest BCUT2D eigenvalue weighted by atomic mass is 16.2. The first kappa shape index (κ1) is 25.2. The molecule has 0 bridgehead atoms. The topological polar surface area (TPSA) is 55.2 Å². The standard InChI is InChI=1S/C32H37N3O2/c1-22(2)21-34(30(36)19-16-24-10-4-5-11-24)23(3)31-33-29-15-9-8-14-28(29)32(37)35(31)27-18-17-25-12-6-7-13-26(25)20-27/h6-9,12-15,17-18,20,22-24H,4-5,10-11,16,19,21H2,1-3H3. The molecule has 1 unspecified atom stereocenters. The van der Waals surface area contributed by atoms with Gasteiger partial charge in [-0.3, -0.25) is 14.2 Å². The van der Waals surface area contributed by atoms with Gasteiger partial charge >= 0.3 is 0 Å². The van der Waals surface area contributed by atoms with E-state index in [1.807, 2.05) is 66.4 Å². The van der Waals surface area contributed by atoms with Gasteiger partial charge in [0.15, 0.2) is 0 Å². The molecule has 1 saturated carbocycles. The molecule has 0 saturated heterocycles. The molecule has 1 aliphatic rings. The Balaban J connectivity index is 1.60. The zero-order valence-electron chi connectivity index (χ0n) is 22.2. The number of hydrogen-bond acceptors (Lipinski definition) is 3. The summed E-state index contributed by atoms with van der Waals surface area (Å²) in [7, 11) is 0. The van der Waals surface area contributed by atoms with Gasteiger partial charge in [-0.15, -0.1) is 0 Å². The minimum absolute atomic E-state index is 0.106. The highest BCUT2D eigenvalue weighted by Gasteiger charge is 2.28. The Morgan fingerprint density at radius 3 is 2.43 bits per heavy atom. The van der Waals surface area contributed by atoms with Crippen LogP contribution in [0.25, 0.3) is 27.4 Å². The monoisotopic (exact) mass is 495 g/mol. The van der Waals surface area contributed by atoms with Crippen LogP contribution in [-0.4, -0.2) is 26.9 Å². The van der Waals surface area contributed by atoms with Crippen molar-refractivity contribution in [2.75, 3.05) is 6.54 Å². The van der Waals surface area contributed by atoms with E-state index in [2.05, 4.69) is 26.0 Å². The summed E-state index contributed by atoms with van der Waals surface area (Å²) in [6.45, 7) is 6.91. The lowest BCUT2D eigenvalue weighted by Crippen LogP contribution is -2.39. The van der Waals surface area contributed by atoms with Crippen molar-refractivity contribution >= 4 is 27.6 Å². The van der Waals surface area contributed by atoms with Gasteiger partial charge in [-0.1, -0.05) is 82.0 Å². The van der Waals surface area contributed by atoms with E-state index >= 15 is 0 Å². The Hall–Kier alpha value is -3.47. The van der Waals surface area contributed by atoms with E-state index < -0.39 is 0 Å². The smallest absolute Gasteiger partial charge is 0.266 e. The molecule has 5 heteroatoms. The van der Waals surface area contributed by atoms with E-state index in [0.29, 0.717) is 41.5 Å². The maximum atomic E-state index is 13.9. The molecule has 1 fully saturated rings.